The summed E-state index contributed by atoms with van der Waals surface area (Å²) < 4.78 is 1.85. The SMILES string of the molecule is CC(C(=O)Nc1sc2c(c1C(N)=O)CCC2)N1CCC(n2c(=O)[nH]c3ccccc32)CC1. The zero-order chi connectivity index (χ0) is 22.4. The van der Waals surface area contributed by atoms with E-state index in [0.717, 1.165) is 66.7 Å². The number of para-hydroxylation sites is 2. The highest BCUT2D eigenvalue weighted by Gasteiger charge is 2.31. The lowest BCUT2D eigenvalue weighted by atomic mass is 10.0. The van der Waals surface area contributed by atoms with Crippen LogP contribution in [0.4, 0.5) is 5.00 Å². The Kier molecular flexibility index (Phi) is 5.38. The van der Waals surface area contributed by atoms with Crippen LogP contribution in [0.3, 0.4) is 0 Å². The lowest BCUT2D eigenvalue weighted by Crippen LogP contribution is -2.47. The highest BCUT2D eigenvalue weighted by Crippen LogP contribution is 2.39. The van der Waals surface area contributed by atoms with Gasteiger partial charge in [-0.3, -0.25) is 19.1 Å². The Morgan fingerprint density at radius 2 is 1.97 bits per heavy atom. The number of nitrogens with two attached hydrogens (primary N) is 1. The molecule has 0 bridgehead atoms. The number of nitrogens with zero attached hydrogens (tertiary/aromatic N) is 2. The van der Waals surface area contributed by atoms with Crippen LogP contribution in [-0.2, 0) is 17.6 Å². The smallest absolute Gasteiger partial charge is 0.326 e. The number of benzene rings is 1. The molecule has 8 nitrogen and oxygen atoms in total. The van der Waals surface area contributed by atoms with Gasteiger partial charge in [-0.15, -0.1) is 11.3 Å². The number of carbonyl (C=O) groups excluding carboxylic acids is 2. The fourth-order valence-electron chi connectivity index (χ4n) is 5.10. The van der Waals surface area contributed by atoms with Crippen molar-refractivity contribution < 1.29 is 9.59 Å². The molecule has 3 heterocycles. The number of aryl methyl sites for hydroxylation is 1. The second kappa shape index (κ2) is 8.22. The van der Waals surface area contributed by atoms with Crippen LogP contribution in [0, 0.1) is 0 Å². The van der Waals surface area contributed by atoms with Crippen molar-refractivity contribution in [2.45, 2.75) is 51.1 Å². The number of rotatable bonds is 5. The van der Waals surface area contributed by atoms with Crippen molar-refractivity contribution in [1.29, 1.82) is 0 Å². The summed E-state index contributed by atoms with van der Waals surface area (Å²) in [5.74, 6) is -0.604. The molecule has 1 aliphatic heterocycles. The first-order valence-electron chi connectivity index (χ1n) is 11.1. The number of hydrogen-bond acceptors (Lipinski definition) is 5. The van der Waals surface area contributed by atoms with Crippen LogP contribution in [0.15, 0.2) is 29.1 Å². The molecule has 1 aromatic carbocycles. The van der Waals surface area contributed by atoms with Gasteiger partial charge in [0, 0.05) is 24.0 Å². The molecule has 0 spiro atoms. The molecule has 4 N–H and O–H groups in total. The predicted octanol–water partition coefficient (Wildman–Crippen LogP) is 2.64. The van der Waals surface area contributed by atoms with Crippen LogP contribution >= 0.6 is 11.3 Å². The second-order valence-electron chi connectivity index (χ2n) is 8.68. The van der Waals surface area contributed by atoms with Gasteiger partial charge >= 0.3 is 5.69 Å². The van der Waals surface area contributed by atoms with Crippen molar-refractivity contribution in [2.24, 2.45) is 5.73 Å². The number of thiophene rings is 1. The molecule has 1 aliphatic carbocycles. The average Bonchev–Trinajstić information content (AvgIpc) is 3.44. The van der Waals surface area contributed by atoms with Crippen molar-refractivity contribution in [3.63, 3.8) is 0 Å². The van der Waals surface area contributed by atoms with E-state index in [1.54, 1.807) is 0 Å². The van der Waals surface area contributed by atoms with Crippen LogP contribution in [0.1, 0.15) is 53.0 Å². The first kappa shape index (κ1) is 21.0. The summed E-state index contributed by atoms with van der Waals surface area (Å²) in [6.45, 7) is 3.32. The minimum atomic E-state index is -0.475. The van der Waals surface area contributed by atoms with Crippen LogP contribution in [0.5, 0.6) is 0 Å². The molecule has 5 rings (SSSR count). The summed E-state index contributed by atoms with van der Waals surface area (Å²) in [7, 11) is 0. The van der Waals surface area contributed by atoms with Gasteiger partial charge < -0.3 is 16.0 Å². The summed E-state index contributed by atoms with van der Waals surface area (Å²) in [5, 5.41) is 3.55. The molecule has 168 valence electrons. The Morgan fingerprint density at radius 1 is 1.22 bits per heavy atom. The highest BCUT2D eigenvalue weighted by molar-refractivity contribution is 7.17. The van der Waals surface area contributed by atoms with Crippen LogP contribution in [0.2, 0.25) is 0 Å². The fraction of sp³-hybridized carbons (Fsp3) is 0.435. The molecule has 3 aromatic rings. The normalized spacial score (nSPS) is 18.0. The molecular weight excluding hydrogens is 426 g/mol. The molecular formula is C23H27N5O3S. The number of carbonyl (C=O) groups is 2. The van der Waals surface area contributed by atoms with E-state index in [9.17, 15) is 14.4 Å². The number of amides is 2. The Balaban J connectivity index is 1.26. The van der Waals surface area contributed by atoms with E-state index in [1.165, 1.54) is 11.3 Å². The number of hydrogen-bond donors (Lipinski definition) is 3. The lowest BCUT2D eigenvalue weighted by molar-refractivity contribution is -0.121. The molecule has 32 heavy (non-hydrogen) atoms. The van der Waals surface area contributed by atoms with Crippen LogP contribution in [-0.4, -0.2) is 45.4 Å². The minimum Gasteiger partial charge on any atom is -0.365 e. The zero-order valence-corrected chi connectivity index (χ0v) is 18.8. The van der Waals surface area contributed by atoms with Crippen molar-refractivity contribution >= 4 is 39.2 Å². The van der Waals surface area contributed by atoms with Crippen molar-refractivity contribution in [3.8, 4) is 0 Å². The number of primary amides is 1. The molecule has 0 saturated carbocycles. The number of aromatic amines is 1. The van der Waals surface area contributed by atoms with Crippen LogP contribution in [0.25, 0.3) is 11.0 Å². The van der Waals surface area contributed by atoms with Crippen molar-refractivity contribution in [1.82, 2.24) is 14.5 Å². The number of piperidine rings is 1. The number of H-pyrrole nitrogens is 1. The summed E-state index contributed by atoms with van der Waals surface area (Å²) in [5.41, 5.74) is 8.80. The van der Waals surface area contributed by atoms with Gasteiger partial charge in [-0.25, -0.2) is 4.79 Å². The molecule has 1 saturated heterocycles. The quantitative estimate of drug-likeness (QED) is 0.551. The number of nitrogens with one attached hydrogen (secondary N) is 2. The van der Waals surface area contributed by atoms with Crippen LogP contribution < -0.4 is 16.7 Å². The number of likely N-dealkylation sites (tertiary alicyclic amines) is 1. The topological polar surface area (TPSA) is 113 Å². The molecule has 2 amide bonds. The maximum Gasteiger partial charge on any atom is 0.326 e. The Labute approximate surface area is 189 Å². The lowest BCUT2D eigenvalue weighted by Gasteiger charge is -2.35. The van der Waals surface area contributed by atoms with E-state index in [-0.39, 0.29) is 23.7 Å². The highest BCUT2D eigenvalue weighted by atomic mass is 32.1. The minimum absolute atomic E-state index is 0.0832. The fourth-order valence-corrected chi connectivity index (χ4v) is 6.40. The van der Waals surface area contributed by atoms with Gasteiger partial charge in [-0.1, -0.05) is 12.1 Å². The number of imidazole rings is 1. The Morgan fingerprint density at radius 3 is 2.72 bits per heavy atom. The molecule has 2 aromatic heterocycles. The Hall–Kier alpha value is -2.91. The Bertz CT molecular complexity index is 1250. The number of anilines is 1. The molecule has 1 unspecified atom stereocenters. The summed E-state index contributed by atoms with van der Waals surface area (Å²) in [6.07, 6.45) is 4.39. The largest absolute Gasteiger partial charge is 0.365 e. The van der Waals surface area contributed by atoms with Gasteiger partial charge in [-0.2, -0.15) is 0 Å². The van der Waals surface area contributed by atoms with E-state index in [0.29, 0.717) is 10.6 Å². The number of fused-ring (bicyclic) bond motifs is 2. The number of aromatic nitrogens is 2. The van der Waals surface area contributed by atoms with E-state index >= 15 is 0 Å². The molecule has 1 fully saturated rings. The molecule has 9 heteroatoms. The summed E-state index contributed by atoms with van der Waals surface area (Å²) in [4.78, 5) is 43.7. The standard InChI is InChI=1S/C23H27N5O3S/c1-13(21(30)26-22-19(20(24)29)15-5-4-8-18(15)32-22)27-11-9-14(10-12-27)28-17-7-3-2-6-16(17)25-23(28)31/h2-3,6-7,13-14H,4-5,8-12H2,1H3,(H2,24,29)(H,25,31)(H,26,30). The maximum atomic E-state index is 13.0. The van der Waals surface area contributed by atoms with Gasteiger partial charge in [0.05, 0.1) is 22.6 Å². The van der Waals surface area contributed by atoms with Gasteiger partial charge in [0.15, 0.2) is 0 Å². The average molecular weight is 454 g/mol. The monoisotopic (exact) mass is 453 g/mol. The van der Waals surface area contributed by atoms with E-state index < -0.39 is 5.91 Å². The third-order valence-electron chi connectivity index (χ3n) is 6.82. The van der Waals surface area contributed by atoms with Crippen molar-refractivity contribution in [2.75, 3.05) is 18.4 Å². The van der Waals surface area contributed by atoms with Gasteiger partial charge in [0.2, 0.25) is 5.91 Å². The van der Waals surface area contributed by atoms with E-state index in [1.807, 2.05) is 35.8 Å². The third kappa shape index (κ3) is 3.55. The maximum absolute atomic E-state index is 13.0. The second-order valence-corrected chi connectivity index (χ2v) is 9.78. The van der Waals surface area contributed by atoms with E-state index in [4.69, 9.17) is 5.73 Å². The first-order chi connectivity index (χ1) is 15.4. The molecule has 2 aliphatic rings. The van der Waals surface area contributed by atoms with Crippen molar-refractivity contribution in [3.05, 3.63) is 50.8 Å². The molecule has 1 atom stereocenters. The zero-order valence-electron chi connectivity index (χ0n) is 18.0. The van der Waals surface area contributed by atoms with Gasteiger partial charge in [0.1, 0.15) is 5.00 Å². The first-order valence-corrected chi connectivity index (χ1v) is 11.9. The van der Waals surface area contributed by atoms with Gasteiger partial charge in [0.25, 0.3) is 5.91 Å². The third-order valence-corrected chi connectivity index (χ3v) is 8.03. The summed E-state index contributed by atoms with van der Waals surface area (Å²) >= 11 is 1.48. The van der Waals surface area contributed by atoms with E-state index in [2.05, 4.69) is 15.2 Å². The van der Waals surface area contributed by atoms with Gasteiger partial charge in [-0.05, 0) is 56.7 Å². The molecule has 0 radical (unpaired) electrons. The predicted molar refractivity (Wildman–Crippen MR) is 125 cm³/mol. The summed E-state index contributed by atoms with van der Waals surface area (Å²) in [6, 6.07) is 7.49.